The predicted octanol–water partition coefficient (Wildman–Crippen LogP) is 2.73. The number of hydrogen-bond donors (Lipinski definition) is 2. The van der Waals surface area contributed by atoms with E-state index in [4.69, 9.17) is 23.2 Å². The second-order valence-corrected chi connectivity index (χ2v) is 3.52. The van der Waals surface area contributed by atoms with Gasteiger partial charge in [0.15, 0.2) is 0 Å². The second kappa shape index (κ2) is 4.24. The summed E-state index contributed by atoms with van der Waals surface area (Å²) in [5.74, 6) is -0.195. The Balaban J connectivity index is 3.27. The van der Waals surface area contributed by atoms with Crippen LogP contribution in [0.4, 0.5) is 0 Å². The number of phenols is 1. The molecule has 0 aliphatic carbocycles. The van der Waals surface area contributed by atoms with Crippen molar-refractivity contribution in [2.75, 3.05) is 0 Å². The normalized spacial score (nSPS) is 12.5. The predicted molar refractivity (Wildman–Crippen MR) is 56.7 cm³/mol. The smallest absolute Gasteiger partial charge is 0.140 e. The molecule has 0 fully saturated rings. The third-order valence-corrected chi connectivity index (χ3v) is 2.27. The van der Waals surface area contributed by atoms with Crippen LogP contribution in [0.3, 0.4) is 0 Å². The summed E-state index contributed by atoms with van der Waals surface area (Å²) in [7, 11) is 0. The molecule has 70 valence electrons. The summed E-state index contributed by atoms with van der Waals surface area (Å²) < 4.78 is 0. The van der Waals surface area contributed by atoms with Gasteiger partial charge in [-0.1, -0.05) is 35.4 Å². The van der Waals surface area contributed by atoms with Crippen LogP contribution in [0.15, 0.2) is 12.1 Å². The molecule has 2 nitrogen and oxygen atoms in total. The first-order chi connectivity index (χ1) is 6.06. The number of rotatable bonds is 2. The van der Waals surface area contributed by atoms with Crippen molar-refractivity contribution in [3.63, 3.8) is 0 Å². The van der Waals surface area contributed by atoms with Gasteiger partial charge in [-0.05, 0) is 12.1 Å². The van der Waals surface area contributed by atoms with Gasteiger partial charge >= 0.3 is 0 Å². The SMILES string of the molecule is Oc1c(Cl)cc(Cl)cc1C(O)C=S. The van der Waals surface area contributed by atoms with Gasteiger partial charge in [0.25, 0.3) is 0 Å². The van der Waals surface area contributed by atoms with Gasteiger partial charge in [0, 0.05) is 16.0 Å². The van der Waals surface area contributed by atoms with Crippen LogP contribution in [-0.2, 0) is 0 Å². The minimum atomic E-state index is -1.04. The molecule has 1 atom stereocenters. The summed E-state index contributed by atoms with van der Waals surface area (Å²) >= 11 is 15.8. The van der Waals surface area contributed by atoms with Crippen molar-refractivity contribution in [1.29, 1.82) is 0 Å². The number of phenolic OH excluding ortho intramolecular Hbond substituents is 1. The lowest BCUT2D eigenvalue weighted by Gasteiger charge is -2.09. The number of benzene rings is 1. The van der Waals surface area contributed by atoms with Crippen molar-refractivity contribution in [3.05, 3.63) is 27.7 Å². The quantitative estimate of drug-likeness (QED) is 0.777. The van der Waals surface area contributed by atoms with E-state index in [-0.39, 0.29) is 16.3 Å². The number of aliphatic hydroxyl groups is 1. The van der Waals surface area contributed by atoms with Gasteiger partial charge in [-0.3, -0.25) is 0 Å². The van der Waals surface area contributed by atoms with E-state index in [9.17, 15) is 10.2 Å². The molecular weight excluding hydrogens is 231 g/mol. The van der Waals surface area contributed by atoms with Gasteiger partial charge in [-0.2, -0.15) is 0 Å². The highest BCUT2D eigenvalue weighted by molar-refractivity contribution is 7.79. The maximum absolute atomic E-state index is 9.41. The lowest BCUT2D eigenvalue weighted by atomic mass is 10.1. The number of aliphatic hydroxyl groups excluding tert-OH is 1. The molecule has 1 aromatic rings. The standard InChI is InChI=1S/C8H6Cl2O2S/c9-4-1-5(7(11)3-13)8(12)6(10)2-4/h1-3,7,11-12H. The minimum absolute atomic E-state index is 0.0957. The second-order valence-electron chi connectivity index (χ2n) is 2.41. The zero-order valence-corrected chi connectivity index (χ0v) is 8.70. The van der Waals surface area contributed by atoms with E-state index in [0.717, 1.165) is 5.37 Å². The number of hydrogen-bond acceptors (Lipinski definition) is 3. The van der Waals surface area contributed by atoms with E-state index >= 15 is 0 Å². The fraction of sp³-hybridized carbons (Fsp3) is 0.125. The molecule has 0 aliphatic heterocycles. The lowest BCUT2D eigenvalue weighted by molar-refractivity contribution is 0.249. The molecule has 1 rings (SSSR count). The maximum Gasteiger partial charge on any atom is 0.140 e. The zero-order valence-electron chi connectivity index (χ0n) is 6.37. The Morgan fingerprint density at radius 2 is 2.00 bits per heavy atom. The fourth-order valence-corrected chi connectivity index (χ4v) is 1.54. The van der Waals surface area contributed by atoms with Crippen LogP contribution in [-0.4, -0.2) is 15.6 Å². The molecule has 0 heterocycles. The van der Waals surface area contributed by atoms with Crippen molar-refractivity contribution in [2.45, 2.75) is 6.10 Å². The van der Waals surface area contributed by atoms with E-state index in [1.165, 1.54) is 12.1 Å². The molecule has 0 bridgehead atoms. The van der Waals surface area contributed by atoms with E-state index < -0.39 is 6.10 Å². The van der Waals surface area contributed by atoms with Gasteiger partial charge < -0.3 is 10.2 Å². The summed E-state index contributed by atoms with van der Waals surface area (Å²) in [5, 5.41) is 20.3. The molecule has 0 spiro atoms. The van der Waals surface area contributed by atoms with Crippen molar-refractivity contribution >= 4 is 40.8 Å². The molecule has 0 saturated heterocycles. The largest absolute Gasteiger partial charge is 0.506 e. The Bertz CT molecular complexity index is 341. The summed E-state index contributed by atoms with van der Waals surface area (Å²) in [6.07, 6.45) is -1.04. The highest BCUT2D eigenvalue weighted by Gasteiger charge is 2.13. The highest BCUT2D eigenvalue weighted by atomic mass is 35.5. The fourth-order valence-electron chi connectivity index (χ4n) is 0.885. The van der Waals surface area contributed by atoms with Crippen molar-refractivity contribution in [3.8, 4) is 5.75 Å². The molecular formula is C8H6Cl2O2S. The van der Waals surface area contributed by atoms with Crippen molar-refractivity contribution in [2.24, 2.45) is 0 Å². The molecule has 1 aromatic carbocycles. The third kappa shape index (κ3) is 2.31. The van der Waals surface area contributed by atoms with Crippen molar-refractivity contribution < 1.29 is 10.2 Å². The van der Waals surface area contributed by atoms with Gasteiger partial charge in [0.1, 0.15) is 11.9 Å². The molecule has 13 heavy (non-hydrogen) atoms. The number of aromatic hydroxyl groups is 1. The van der Waals surface area contributed by atoms with E-state index in [2.05, 4.69) is 12.2 Å². The van der Waals surface area contributed by atoms with Crippen LogP contribution in [0, 0.1) is 0 Å². The van der Waals surface area contributed by atoms with E-state index in [1.807, 2.05) is 0 Å². The summed E-state index contributed by atoms with van der Waals surface area (Å²) in [4.78, 5) is 0. The van der Waals surface area contributed by atoms with Gasteiger partial charge in [0.05, 0.1) is 5.02 Å². The van der Waals surface area contributed by atoms with Crippen molar-refractivity contribution in [1.82, 2.24) is 0 Å². The summed E-state index contributed by atoms with van der Waals surface area (Å²) in [6, 6.07) is 2.80. The molecule has 0 aliphatic rings. The summed E-state index contributed by atoms with van der Waals surface area (Å²) in [6.45, 7) is 0. The Labute approximate surface area is 90.7 Å². The monoisotopic (exact) mass is 236 g/mol. The first-order valence-electron chi connectivity index (χ1n) is 3.37. The zero-order chi connectivity index (χ0) is 10.0. The Kier molecular flexibility index (Phi) is 3.50. The van der Waals surface area contributed by atoms with Gasteiger partial charge in [-0.25, -0.2) is 0 Å². The molecule has 0 saturated carbocycles. The molecule has 1 unspecified atom stereocenters. The first kappa shape index (κ1) is 10.7. The molecule has 0 amide bonds. The lowest BCUT2D eigenvalue weighted by Crippen LogP contribution is -1.97. The highest BCUT2D eigenvalue weighted by Crippen LogP contribution is 2.34. The molecule has 0 aromatic heterocycles. The van der Waals surface area contributed by atoms with E-state index in [1.54, 1.807) is 0 Å². The Hall–Kier alpha value is -0.350. The number of halogens is 2. The third-order valence-electron chi connectivity index (χ3n) is 1.51. The molecule has 5 heteroatoms. The average Bonchev–Trinajstić information content (AvgIpc) is 2.10. The Morgan fingerprint density at radius 3 is 2.54 bits per heavy atom. The van der Waals surface area contributed by atoms with Crippen LogP contribution in [0.25, 0.3) is 0 Å². The average molecular weight is 237 g/mol. The van der Waals surface area contributed by atoms with Crippen LogP contribution in [0.2, 0.25) is 10.0 Å². The molecule has 2 N–H and O–H groups in total. The van der Waals surface area contributed by atoms with Crippen LogP contribution in [0.1, 0.15) is 11.7 Å². The molecule has 0 radical (unpaired) electrons. The van der Waals surface area contributed by atoms with E-state index in [0.29, 0.717) is 5.02 Å². The van der Waals surface area contributed by atoms with Gasteiger partial charge in [0.2, 0.25) is 0 Å². The van der Waals surface area contributed by atoms with Crippen LogP contribution < -0.4 is 0 Å². The maximum atomic E-state index is 9.41. The van der Waals surface area contributed by atoms with Gasteiger partial charge in [-0.15, -0.1) is 0 Å². The Morgan fingerprint density at radius 1 is 1.38 bits per heavy atom. The minimum Gasteiger partial charge on any atom is -0.506 e. The summed E-state index contributed by atoms with van der Waals surface area (Å²) in [5.41, 5.74) is 0.215. The van der Waals surface area contributed by atoms with Crippen LogP contribution >= 0.6 is 35.4 Å². The topological polar surface area (TPSA) is 40.5 Å². The van der Waals surface area contributed by atoms with Crippen LogP contribution in [0.5, 0.6) is 5.75 Å². The number of thiocarbonyl (C=S) groups is 1. The first-order valence-corrected chi connectivity index (χ1v) is 4.60.